The monoisotopic (exact) mass is 425 g/mol. The normalized spacial score (nSPS) is 13.7. The lowest BCUT2D eigenvalue weighted by molar-refractivity contribution is 0.102. The van der Waals surface area contributed by atoms with Crippen molar-refractivity contribution in [1.82, 2.24) is 4.98 Å². The fourth-order valence-electron chi connectivity index (χ4n) is 3.26. The molecule has 0 radical (unpaired) electrons. The molecule has 1 aromatic heterocycles. The van der Waals surface area contributed by atoms with Gasteiger partial charge < -0.3 is 19.7 Å². The Morgan fingerprint density at radius 1 is 1.10 bits per heavy atom. The van der Waals surface area contributed by atoms with Crippen LogP contribution in [0.5, 0.6) is 5.75 Å². The molecule has 3 aromatic rings. The van der Waals surface area contributed by atoms with E-state index in [0.29, 0.717) is 37.7 Å². The highest BCUT2D eigenvalue weighted by Gasteiger charge is 2.17. The number of benzene rings is 2. The summed E-state index contributed by atoms with van der Waals surface area (Å²) in [4.78, 5) is 18.7. The minimum Gasteiger partial charge on any atom is -0.487 e. The molecule has 1 N–H and O–H groups in total. The number of nitrogens with one attached hydrogen (secondary N) is 1. The third kappa shape index (κ3) is 5.16. The number of pyridine rings is 1. The molecule has 0 bridgehead atoms. The van der Waals surface area contributed by atoms with E-state index in [0.717, 1.165) is 5.69 Å². The molecule has 0 saturated carbocycles. The van der Waals surface area contributed by atoms with Gasteiger partial charge >= 0.3 is 0 Å². The highest BCUT2D eigenvalue weighted by molar-refractivity contribution is 6.05. The molecule has 1 saturated heterocycles. The molecule has 1 aliphatic heterocycles. The molecule has 2 heterocycles. The minimum absolute atomic E-state index is 0.0396. The second kappa shape index (κ2) is 9.53. The molecule has 8 heteroatoms. The fourth-order valence-corrected chi connectivity index (χ4v) is 3.26. The van der Waals surface area contributed by atoms with E-state index in [-0.39, 0.29) is 17.7 Å². The zero-order valence-electron chi connectivity index (χ0n) is 16.7. The maximum atomic E-state index is 14.4. The van der Waals surface area contributed by atoms with Crippen LogP contribution >= 0.6 is 0 Å². The van der Waals surface area contributed by atoms with Crippen molar-refractivity contribution in [2.24, 2.45) is 0 Å². The molecule has 1 fully saturated rings. The van der Waals surface area contributed by atoms with Gasteiger partial charge in [0.05, 0.1) is 25.0 Å². The van der Waals surface area contributed by atoms with Crippen molar-refractivity contribution in [1.29, 1.82) is 0 Å². The van der Waals surface area contributed by atoms with Gasteiger partial charge in [-0.1, -0.05) is 0 Å². The first-order chi connectivity index (χ1) is 15.1. The van der Waals surface area contributed by atoms with Gasteiger partial charge in [0.1, 0.15) is 24.0 Å². The summed E-state index contributed by atoms with van der Waals surface area (Å²) in [6.07, 6.45) is 3.13. The standard InChI is InChI=1S/C23H21F2N3O3/c24-21-5-3-17(12-16(21)15-31-19-2-1-7-26-14-19)27-23(29)20-13-18(4-6-22(20)25)28-8-10-30-11-9-28/h1-7,12-14H,8-11,15H2,(H,27,29). The summed E-state index contributed by atoms with van der Waals surface area (Å²) >= 11 is 0. The van der Waals surface area contributed by atoms with E-state index in [1.54, 1.807) is 24.4 Å². The van der Waals surface area contributed by atoms with Crippen LogP contribution in [-0.4, -0.2) is 37.2 Å². The fraction of sp³-hybridized carbons (Fsp3) is 0.217. The number of ether oxygens (including phenoxy) is 2. The number of nitrogens with zero attached hydrogens (tertiary/aromatic N) is 2. The second-order valence-corrected chi connectivity index (χ2v) is 7.00. The molecule has 2 aromatic carbocycles. The first-order valence-electron chi connectivity index (χ1n) is 9.85. The number of carbonyl (C=O) groups is 1. The van der Waals surface area contributed by atoms with Crippen LogP contribution in [0.15, 0.2) is 60.9 Å². The van der Waals surface area contributed by atoms with E-state index >= 15 is 0 Å². The van der Waals surface area contributed by atoms with Gasteiger partial charge in [0, 0.05) is 36.2 Å². The van der Waals surface area contributed by atoms with Crippen LogP contribution in [0, 0.1) is 11.6 Å². The molecule has 0 unspecified atom stereocenters. The average Bonchev–Trinajstić information content (AvgIpc) is 2.81. The van der Waals surface area contributed by atoms with Gasteiger partial charge in [-0.2, -0.15) is 0 Å². The van der Waals surface area contributed by atoms with Crippen molar-refractivity contribution in [3.05, 3.63) is 83.7 Å². The Hall–Kier alpha value is -3.52. The highest BCUT2D eigenvalue weighted by atomic mass is 19.1. The van der Waals surface area contributed by atoms with E-state index in [9.17, 15) is 13.6 Å². The third-order valence-electron chi connectivity index (χ3n) is 4.90. The van der Waals surface area contributed by atoms with Gasteiger partial charge in [-0.25, -0.2) is 8.78 Å². The maximum Gasteiger partial charge on any atom is 0.258 e. The molecule has 0 atom stereocenters. The summed E-state index contributed by atoms with van der Waals surface area (Å²) in [5.74, 6) is -1.21. The number of amides is 1. The molecule has 0 aliphatic carbocycles. The smallest absolute Gasteiger partial charge is 0.258 e. The molecule has 31 heavy (non-hydrogen) atoms. The van der Waals surface area contributed by atoms with Crippen molar-refractivity contribution >= 4 is 17.3 Å². The Bertz CT molecular complexity index is 1060. The Morgan fingerprint density at radius 2 is 1.90 bits per heavy atom. The quantitative estimate of drug-likeness (QED) is 0.646. The predicted octanol–water partition coefficient (Wildman–Crippen LogP) is 4.03. The van der Waals surface area contributed by atoms with E-state index in [1.807, 2.05) is 4.90 Å². The van der Waals surface area contributed by atoms with Crippen LogP contribution in [0.2, 0.25) is 0 Å². The summed E-state index contributed by atoms with van der Waals surface area (Å²) in [5.41, 5.74) is 1.26. The summed E-state index contributed by atoms with van der Waals surface area (Å²) in [6, 6.07) is 12.0. The topological polar surface area (TPSA) is 63.7 Å². The van der Waals surface area contributed by atoms with Gasteiger partial charge in [0.15, 0.2) is 0 Å². The average molecular weight is 425 g/mol. The first kappa shape index (κ1) is 20.7. The number of carbonyl (C=O) groups excluding carboxylic acids is 1. The summed E-state index contributed by atoms with van der Waals surface area (Å²) in [6.45, 7) is 2.47. The minimum atomic E-state index is -0.628. The Labute approximate surface area is 178 Å². The Balaban J connectivity index is 1.48. The molecular formula is C23H21F2N3O3. The van der Waals surface area contributed by atoms with Gasteiger partial charge in [-0.3, -0.25) is 9.78 Å². The van der Waals surface area contributed by atoms with Crippen LogP contribution in [-0.2, 0) is 11.3 Å². The van der Waals surface area contributed by atoms with E-state index in [2.05, 4.69) is 10.3 Å². The molecule has 1 aliphatic rings. The SMILES string of the molecule is O=C(Nc1ccc(F)c(COc2cccnc2)c1)c1cc(N2CCOCC2)ccc1F. The molecule has 4 rings (SSSR count). The number of rotatable bonds is 6. The van der Waals surface area contributed by atoms with Crippen LogP contribution in [0.3, 0.4) is 0 Å². The van der Waals surface area contributed by atoms with E-state index < -0.39 is 17.5 Å². The van der Waals surface area contributed by atoms with Gasteiger partial charge in [-0.05, 0) is 48.5 Å². The Kier molecular flexibility index (Phi) is 6.37. The van der Waals surface area contributed by atoms with Crippen LogP contribution in [0.4, 0.5) is 20.2 Å². The van der Waals surface area contributed by atoms with Gasteiger partial charge in [0.25, 0.3) is 5.91 Å². The van der Waals surface area contributed by atoms with E-state index in [1.165, 1.54) is 36.5 Å². The molecule has 0 spiro atoms. The molecule has 6 nitrogen and oxygen atoms in total. The summed E-state index contributed by atoms with van der Waals surface area (Å²) in [5, 5.41) is 2.64. The van der Waals surface area contributed by atoms with Crippen LogP contribution < -0.4 is 15.0 Å². The lowest BCUT2D eigenvalue weighted by atomic mass is 10.1. The number of hydrogen-bond acceptors (Lipinski definition) is 5. The van der Waals surface area contributed by atoms with Crippen LogP contribution in [0.25, 0.3) is 0 Å². The van der Waals surface area contributed by atoms with Crippen molar-refractivity contribution in [3.63, 3.8) is 0 Å². The van der Waals surface area contributed by atoms with Crippen LogP contribution in [0.1, 0.15) is 15.9 Å². The number of morpholine rings is 1. The first-order valence-corrected chi connectivity index (χ1v) is 9.85. The number of hydrogen-bond donors (Lipinski definition) is 1. The summed E-state index contributed by atoms with van der Waals surface area (Å²) < 4.78 is 39.4. The van der Waals surface area contributed by atoms with Gasteiger partial charge in [0.2, 0.25) is 0 Å². The van der Waals surface area contributed by atoms with Crippen molar-refractivity contribution in [2.45, 2.75) is 6.61 Å². The second-order valence-electron chi connectivity index (χ2n) is 7.00. The highest BCUT2D eigenvalue weighted by Crippen LogP contribution is 2.22. The number of aromatic nitrogens is 1. The van der Waals surface area contributed by atoms with Crippen molar-refractivity contribution < 1.29 is 23.0 Å². The molecule has 160 valence electrons. The zero-order chi connectivity index (χ0) is 21.6. The lowest BCUT2D eigenvalue weighted by Gasteiger charge is -2.29. The van der Waals surface area contributed by atoms with Gasteiger partial charge in [-0.15, -0.1) is 0 Å². The van der Waals surface area contributed by atoms with E-state index in [4.69, 9.17) is 9.47 Å². The number of halogens is 2. The maximum absolute atomic E-state index is 14.4. The molecule has 1 amide bonds. The lowest BCUT2D eigenvalue weighted by Crippen LogP contribution is -2.36. The van der Waals surface area contributed by atoms with Crippen molar-refractivity contribution in [3.8, 4) is 5.75 Å². The number of anilines is 2. The largest absolute Gasteiger partial charge is 0.487 e. The Morgan fingerprint density at radius 3 is 2.68 bits per heavy atom. The molecular weight excluding hydrogens is 404 g/mol. The third-order valence-corrected chi connectivity index (χ3v) is 4.90. The van der Waals surface area contributed by atoms with Crippen molar-refractivity contribution in [2.75, 3.05) is 36.5 Å². The predicted molar refractivity (Wildman–Crippen MR) is 112 cm³/mol. The zero-order valence-corrected chi connectivity index (χ0v) is 16.7. The summed E-state index contributed by atoms with van der Waals surface area (Å²) in [7, 11) is 0.